The van der Waals surface area contributed by atoms with Crippen molar-refractivity contribution in [3.05, 3.63) is 65.7 Å². The third-order valence-corrected chi connectivity index (χ3v) is 5.18. The van der Waals surface area contributed by atoms with E-state index in [1.54, 1.807) is 0 Å². The van der Waals surface area contributed by atoms with E-state index in [2.05, 4.69) is 58.1 Å². The average Bonchev–Trinajstić information content (AvgIpc) is 3.45. The maximum atomic E-state index is 5.74. The maximum Gasteiger partial charge on any atom is 0.191 e. The quantitative estimate of drug-likeness (QED) is 0.664. The van der Waals surface area contributed by atoms with Crippen LogP contribution in [0, 0.1) is 5.92 Å². The molecule has 25 heavy (non-hydrogen) atoms. The van der Waals surface area contributed by atoms with Gasteiger partial charge in [-0.25, -0.2) is 0 Å². The standard InChI is InChI=1S/C21H25N3O/c1-22-21(23-14-16-13-18(16)15-7-3-2-4-8-15)24-19-11-12-25-20-10-6-5-9-17(19)20/h2-10,16,18-19H,11-14H2,1H3,(H2,22,23,24). The number of ether oxygens (including phenoxy) is 1. The Balaban J connectivity index is 1.33. The van der Waals surface area contributed by atoms with Crippen molar-refractivity contribution in [1.82, 2.24) is 10.6 Å². The van der Waals surface area contributed by atoms with E-state index in [9.17, 15) is 0 Å². The van der Waals surface area contributed by atoms with Crippen molar-refractivity contribution < 1.29 is 4.74 Å². The second kappa shape index (κ2) is 7.18. The normalized spacial score (nSPS) is 24.8. The molecule has 0 amide bonds. The number of nitrogens with one attached hydrogen (secondary N) is 2. The molecule has 2 N–H and O–H groups in total. The first-order chi connectivity index (χ1) is 12.3. The lowest BCUT2D eigenvalue weighted by atomic mass is 10.0. The van der Waals surface area contributed by atoms with E-state index in [4.69, 9.17) is 4.74 Å². The van der Waals surface area contributed by atoms with Gasteiger partial charge in [-0.05, 0) is 29.9 Å². The summed E-state index contributed by atoms with van der Waals surface area (Å²) in [7, 11) is 1.84. The van der Waals surface area contributed by atoms with Crippen LogP contribution in [0.5, 0.6) is 5.75 Å². The van der Waals surface area contributed by atoms with Crippen molar-refractivity contribution in [2.24, 2.45) is 10.9 Å². The van der Waals surface area contributed by atoms with E-state index < -0.39 is 0 Å². The van der Waals surface area contributed by atoms with Crippen LogP contribution in [-0.2, 0) is 0 Å². The highest BCUT2D eigenvalue weighted by Crippen LogP contribution is 2.46. The zero-order chi connectivity index (χ0) is 17.1. The molecule has 4 heteroatoms. The van der Waals surface area contributed by atoms with Gasteiger partial charge in [0.2, 0.25) is 0 Å². The molecule has 2 aromatic rings. The van der Waals surface area contributed by atoms with Crippen LogP contribution >= 0.6 is 0 Å². The highest BCUT2D eigenvalue weighted by molar-refractivity contribution is 5.80. The Morgan fingerprint density at radius 2 is 1.92 bits per heavy atom. The largest absolute Gasteiger partial charge is 0.493 e. The van der Waals surface area contributed by atoms with Gasteiger partial charge in [-0.3, -0.25) is 4.99 Å². The zero-order valence-corrected chi connectivity index (χ0v) is 14.6. The predicted molar refractivity (Wildman–Crippen MR) is 101 cm³/mol. The molecule has 3 unspecified atom stereocenters. The molecule has 0 bridgehead atoms. The molecule has 1 aliphatic heterocycles. The average molecular weight is 335 g/mol. The van der Waals surface area contributed by atoms with Gasteiger partial charge in [-0.15, -0.1) is 0 Å². The van der Waals surface area contributed by atoms with Crippen LogP contribution in [0.15, 0.2) is 59.6 Å². The number of hydrogen-bond acceptors (Lipinski definition) is 2. The number of aliphatic imine (C=N–C) groups is 1. The topological polar surface area (TPSA) is 45.7 Å². The zero-order valence-electron chi connectivity index (χ0n) is 14.6. The summed E-state index contributed by atoms with van der Waals surface area (Å²) in [5.74, 6) is 3.24. The molecule has 0 radical (unpaired) electrons. The molecule has 1 saturated carbocycles. The summed E-state index contributed by atoms with van der Waals surface area (Å²) in [5.41, 5.74) is 2.67. The van der Waals surface area contributed by atoms with Gasteiger partial charge in [0.25, 0.3) is 0 Å². The first-order valence-electron chi connectivity index (χ1n) is 9.09. The Hall–Kier alpha value is -2.49. The highest BCUT2D eigenvalue weighted by atomic mass is 16.5. The van der Waals surface area contributed by atoms with Gasteiger partial charge < -0.3 is 15.4 Å². The molecule has 4 nitrogen and oxygen atoms in total. The van der Waals surface area contributed by atoms with Crippen molar-refractivity contribution >= 4 is 5.96 Å². The highest BCUT2D eigenvalue weighted by Gasteiger charge is 2.38. The van der Waals surface area contributed by atoms with Crippen LogP contribution in [-0.4, -0.2) is 26.2 Å². The molecule has 1 aliphatic carbocycles. The molecule has 0 aromatic heterocycles. The van der Waals surface area contributed by atoms with Gasteiger partial charge in [0.15, 0.2) is 5.96 Å². The van der Waals surface area contributed by atoms with Crippen LogP contribution in [0.3, 0.4) is 0 Å². The minimum Gasteiger partial charge on any atom is -0.493 e. The fourth-order valence-corrected chi connectivity index (χ4v) is 3.66. The van der Waals surface area contributed by atoms with Gasteiger partial charge in [-0.2, -0.15) is 0 Å². The van der Waals surface area contributed by atoms with Crippen molar-refractivity contribution in [2.45, 2.75) is 24.8 Å². The summed E-state index contributed by atoms with van der Waals surface area (Å²) >= 11 is 0. The molecule has 2 aromatic carbocycles. The van der Waals surface area contributed by atoms with Crippen LogP contribution in [0.4, 0.5) is 0 Å². The monoisotopic (exact) mass is 335 g/mol. The van der Waals surface area contributed by atoms with Gasteiger partial charge in [0.05, 0.1) is 12.6 Å². The summed E-state index contributed by atoms with van der Waals surface area (Å²) in [6.45, 7) is 1.70. The van der Waals surface area contributed by atoms with Gasteiger partial charge in [0.1, 0.15) is 5.75 Å². The Kier molecular flexibility index (Phi) is 4.59. The Morgan fingerprint density at radius 1 is 1.12 bits per heavy atom. The molecule has 2 aliphatic rings. The summed E-state index contributed by atoms with van der Waals surface area (Å²) < 4.78 is 5.74. The predicted octanol–water partition coefficient (Wildman–Crippen LogP) is 3.48. The van der Waals surface area contributed by atoms with Crippen molar-refractivity contribution in [3.63, 3.8) is 0 Å². The lowest BCUT2D eigenvalue weighted by molar-refractivity contribution is 0.261. The molecule has 4 rings (SSSR count). The van der Waals surface area contributed by atoms with Crippen LogP contribution in [0.2, 0.25) is 0 Å². The first-order valence-corrected chi connectivity index (χ1v) is 9.09. The molecule has 0 saturated heterocycles. The number of guanidine groups is 1. The van der Waals surface area contributed by atoms with E-state index in [0.717, 1.165) is 31.3 Å². The van der Waals surface area contributed by atoms with Crippen molar-refractivity contribution in [3.8, 4) is 5.75 Å². The van der Waals surface area contributed by atoms with Crippen LogP contribution in [0.1, 0.15) is 35.9 Å². The van der Waals surface area contributed by atoms with Crippen molar-refractivity contribution in [2.75, 3.05) is 20.2 Å². The third kappa shape index (κ3) is 3.63. The number of benzene rings is 2. The fraction of sp³-hybridized carbons (Fsp3) is 0.381. The molecular weight excluding hydrogens is 310 g/mol. The minimum atomic E-state index is 0.250. The molecular formula is C21H25N3O. The van der Waals surface area contributed by atoms with Crippen LogP contribution < -0.4 is 15.4 Å². The van der Waals surface area contributed by atoms with E-state index in [0.29, 0.717) is 11.8 Å². The Bertz CT molecular complexity index is 744. The van der Waals surface area contributed by atoms with E-state index in [-0.39, 0.29) is 6.04 Å². The molecule has 1 heterocycles. The van der Waals surface area contributed by atoms with E-state index in [1.807, 2.05) is 19.2 Å². The second-order valence-corrected chi connectivity index (χ2v) is 6.84. The number of fused-ring (bicyclic) bond motifs is 1. The van der Waals surface area contributed by atoms with E-state index in [1.165, 1.54) is 17.5 Å². The minimum absolute atomic E-state index is 0.250. The lowest BCUT2D eigenvalue weighted by Crippen LogP contribution is -2.41. The van der Waals surface area contributed by atoms with Gasteiger partial charge in [0, 0.05) is 25.6 Å². The number of nitrogens with zero attached hydrogens (tertiary/aromatic N) is 1. The van der Waals surface area contributed by atoms with E-state index >= 15 is 0 Å². The number of para-hydroxylation sites is 1. The molecule has 1 fully saturated rings. The maximum absolute atomic E-state index is 5.74. The Labute approximate surface area is 149 Å². The van der Waals surface area contributed by atoms with Gasteiger partial charge >= 0.3 is 0 Å². The smallest absolute Gasteiger partial charge is 0.191 e. The summed E-state index contributed by atoms with van der Waals surface area (Å²) in [6, 6.07) is 19.3. The second-order valence-electron chi connectivity index (χ2n) is 6.84. The number of hydrogen-bond donors (Lipinski definition) is 2. The first kappa shape index (κ1) is 16.0. The summed E-state index contributed by atoms with van der Waals surface area (Å²) in [5, 5.41) is 7.07. The summed E-state index contributed by atoms with van der Waals surface area (Å²) in [6.07, 6.45) is 2.21. The van der Waals surface area contributed by atoms with Gasteiger partial charge in [-0.1, -0.05) is 48.5 Å². The van der Waals surface area contributed by atoms with Crippen molar-refractivity contribution in [1.29, 1.82) is 0 Å². The molecule has 0 spiro atoms. The fourth-order valence-electron chi connectivity index (χ4n) is 3.66. The molecule has 3 atom stereocenters. The Morgan fingerprint density at radius 3 is 2.76 bits per heavy atom. The molecule has 130 valence electrons. The third-order valence-electron chi connectivity index (χ3n) is 5.18. The lowest BCUT2D eigenvalue weighted by Gasteiger charge is -2.28. The summed E-state index contributed by atoms with van der Waals surface area (Å²) in [4.78, 5) is 4.41. The number of rotatable bonds is 4. The SMILES string of the molecule is CN=C(NCC1CC1c1ccccc1)NC1CCOc2ccccc21. The van der Waals surface area contributed by atoms with Crippen LogP contribution in [0.25, 0.3) is 0 Å².